The molecule has 0 heterocycles. The van der Waals surface area contributed by atoms with Crippen LogP contribution in [-0.2, 0) is 4.74 Å². The van der Waals surface area contributed by atoms with Crippen molar-refractivity contribution in [2.45, 2.75) is 38.2 Å². The van der Waals surface area contributed by atoms with E-state index in [2.05, 4.69) is 6.92 Å². The zero-order valence-corrected chi connectivity index (χ0v) is 7.92. The minimum absolute atomic E-state index is 0.603. The zero-order chi connectivity index (χ0) is 9.03. The Kier molecular flexibility index (Phi) is 3.15. The van der Waals surface area contributed by atoms with Gasteiger partial charge in [-0.3, -0.25) is 0 Å². The van der Waals surface area contributed by atoms with E-state index < -0.39 is 5.60 Å². The van der Waals surface area contributed by atoms with Crippen LogP contribution in [0.2, 0.25) is 0 Å². The fraction of sp³-hybridized carbons (Fsp3) is 0.800. The van der Waals surface area contributed by atoms with Gasteiger partial charge in [-0.1, -0.05) is 13.3 Å². The SMILES string of the molecule is CO/C=C\C1(O)CCC[C@@H](C)C1. The molecule has 0 amide bonds. The normalized spacial score (nSPS) is 37.1. The summed E-state index contributed by atoms with van der Waals surface area (Å²) >= 11 is 0. The minimum Gasteiger partial charge on any atom is -0.505 e. The quantitative estimate of drug-likeness (QED) is 0.643. The lowest BCUT2D eigenvalue weighted by molar-refractivity contribution is 0.0298. The van der Waals surface area contributed by atoms with Gasteiger partial charge in [0.05, 0.1) is 19.0 Å². The highest BCUT2D eigenvalue weighted by Crippen LogP contribution is 2.32. The summed E-state index contributed by atoms with van der Waals surface area (Å²) in [5.74, 6) is 0.630. The Hall–Kier alpha value is -0.500. The fourth-order valence-electron chi connectivity index (χ4n) is 1.91. The second kappa shape index (κ2) is 3.94. The van der Waals surface area contributed by atoms with Gasteiger partial charge in [-0.25, -0.2) is 0 Å². The van der Waals surface area contributed by atoms with Crippen molar-refractivity contribution in [1.82, 2.24) is 0 Å². The van der Waals surface area contributed by atoms with Gasteiger partial charge in [0.25, 0.3) is 0 Å². The van der Waals surface area contributed by atoms with Crippen LogP contribution in [0.4, 0.5) is 0 Å². The maximum Gasteiger partial charge on any atom is 0.0862 e. The summed E-state index contributed by atoms with van der Waals surface area (Å²) in [4.78, 5) is 0. The molecule has 0 spiro atoms. The van der Waals surface area contributed by atoms with Crippen molar-refractivity contribution in [2.24, 2.45) is 5.92 Å². The summed E-state index contributed by atoms with van der Waals surface area (Å²) in [5, 5.41) is 10.0. The van der Waals surface area contributed by atoms with Gasteiger partial charge in [-0.05, 0) is 31.3 Å². The van der Waals surface area contributed by atoms with Crippen LogP contribution in [0.15, 0.2) is 12.3 Å². The van der Waals surface area contributed by atoms with Gasteiger partial charge in [0.1, 0.15) is 0 Å². The first-order valence-corrected chi connectivity index (χ1v) is 4.59. The fourth-order valence-corrected chi connectivity index (χ4v) is 1.91. The molecule has 1 fully saturated rings. The molecule has 0 aliphatic heterocycles. The molecule has 1 saturated carbocycles. The number of ether oxygens (including phenoxy) is 1. The molecule has 0 bridgehead atoms. The second-order valence-electron chi connectivity index (χ2n) is 3.84. The van der Waals surface area contributed by atoms with E-state index in [-0.39, 0.29) is 0 Å². The van der Waals surface area contributed by atoms with Crippen LogP contribution >= 0.6 is 0 Å². The molecule has 2 atom stereocenters. The first kappa shape index (κ1) is 9.59. The van der Waals surface area contributed by atoms with Crippen molar-refractivity contribution in [2.75, 3.05) is 7.11 Å². The van der Waals surface area contributed by atoms with Crippen LogP contribution in [-0.4, -0.2) is 17.8 Å². The average molecular weight is 170 g/mol. The van der Waals surface area contributed by atoms with Crippen molar-refractivity contribution < 1.29 is 9.84 Å². The average Bonchev–Trinajstić information content (AvgIpc) is 2.01. The van der Waals surface area contributed by atoms with Crippen LogP contribution in [0.25, 0.3) is 0 Å². The summed E-state index contributed by atoms with van der Waals surface area (Å²) in [5.41, 5.74) is -0.603. The second-order valence-corrected chi connectivity index (χ2v) is 3.84. The molecule has 0 aromatic carbocycles. The predicted octanol–water partition coefficient (Wildman–Crippen LogP) is 2.09. The van der Waals surface area contributed by atoms with E-state index >= 15 is 0 Å². The molecule has 1 N–H and O–H groups in total. The van der Waals surface area contributed by atoms with Crippen molar-refractivity contribution in [3.05, 3.63) is 12.3 Å². The highest BCUT2D eigenvalue weighted by molar-refractivity contribution is 5.00. The Morgan fingerprint density at radius 3 is 2.92 bits per heavy atom. The van der Waals surface area contributed by atoms with E-state index in [9.17, 15) is 5.11 Å². The van der Waals surface area contributed by atoms with Gasteiger partial charge in [-0.15, -0.1) is 0 Å². The molecule has 0 saturated heterocycles. The molecule has 1 aliphatic carbocycles. The third-order valence-corrected chi connectivity index (χ3v) is 2.52. The molecular formula is C10H18O2. The van der Waals surface area contributed by atoms with Gasteiger partial charge < -0.3 is 9.84 Å². The van der Waals surface area contributed by atoms with Crippen LogP contribution in [0.1, 0.15) is 32.6 Å². The molecule has 2 nitrogen and oxygen atoms in total. The summed E-state index contributed by atoms with van der Waals surface area (Å²) in [6, 6.07) is 0. The molecule has 0 radical (unpaired) electrons. The van der Waals surface area contributed by atoms with Crippen LogP contribution in [0.5, 0.6) is 0 Å². The minimum atomic E-state index is -0.603. The monoisotopic (exact) mass is 170 g/mol. The molecule has 2 heteroatoms. The molecule has 70 valence electrons. The predicted molar refractivity (Wildman–Crippen MR) is 48.7 cm³/mol. The first-order chi connectivity index (χ1) is 5.66. The first-order valence-electron chi connectivity index (χ1n) is 4.59. The Labute approximate surface area is 74.2 Å². The molecule has 0 aromatic rings. The lowest BCUT2D eigenvalue weighted by Gasteiger charge is -2.32. The van der Waals surface area contributed by atoms with Gasteiger partial charge in [0.15, 0.2) is 0 Å². The summed E-state index contributed by atoms with van der Waals surface area (Å²) in [6.07, 6.45) is 7.46. The van der Waals surface area contributed by atoms with Gasteiger partial charge in [0, 0.05) is 0 Å². The molecule has 12 heavy (non-hydrogen) atoms. The van der Waals surface area contributed by atoms with E-state index in [1.165, 1.54) is 6.42 Å². The maximum absolute atomic E-state index is 10.0. The van der Waals surface area contributed by atoms with Crippen LogP contribution < -0.4 is 0 Å². The Morgan fingerprint density at radius 1 is 1.58 bits per heavy atom. The van der Waals surface area contributed by atoms with Crippen molar-refractivity contribution >= 4 is 0 Å². The standard InChI is InChI=1S/C10H18O2/c1-9-4-3-5-10(11,8-9)6-7-12-2/h6-7,9,11H,3-5,8H2,1-2H3/b7-6-/t9-,10?/m1/s1. The van der Waals surface area contributed by atoms with Crippen molar-refractivity contribution in [1.29, 1.82) is 0 Å². The summed E-state index contributed by atoms with van der Waals surface area (Å²) < 4.78 is 4.80. The number of hydrogen-bond acceptors (Lipinski definition) is 2. The number of aliphatic hydroxyl groups is 1. The highest BCUT2D eigenvalue weighted by atomic mass is 16.5. The highest BCUT2D eigenvalue weighted by Gasteiger charge is 2.29. The molecule has 1 rings (SSSR count). The third kappa shape index (κ3) is 2.52. The van der Waals surface area contributed by atoms with E-state index in [0.29, 0.717) is 5.92 Å². The lowest BCUT2D eigenvalue weighted by atomic mass is 9.79. The van der Waals surface area contributed by atoms with E-state index in [0.717, 1.165) is 19.3 Å². The molecule has 1 unspecified atom stereocenters. The third-order valence-electron chi connectivity index (χ3n) is 2.52. The molecule has 0 aromatic heterocycles. The topological polar surface area (TPSA) is 29.5 Å². The van der Waals surface area contributed by atoms with Crippen molar-refractivity contribution in [3.63, 3.8) is 0 Å². The van der Waals surface area contributed by atoms with Gasteiger partial charge in [-0.2, -0.15) is 0 Å². The van der Waals surface area contributed by atoms with Gasteiger partial charge >= 0.3 is 0 Å². The van der Waals surface area contributed by atoms with E-state index in [4.69, 9.17) is 4.74 Å². The Balaban J connectivity index is 2.51. The van der Waals surface area contributed by atoms with Gasteiger partial charge in [0.2, 0.25) is 0 Å². The molecule has 1 aliphatic rings. The number of rotatable bonds is 2. The van der Waals surface area contributed by atoms with E-state index in [1.807, 2.05) is 0 Å². The van der Waals surface area contributed by atoms with Crippen LogP contribution in [0.3, 0.4) is 0 Å². The maximum atomic E-state index is 10.0. The van der Waals surface area contributed by atoms with E-state index in [1.54, 1.807) is 19.4 Å². The molecular weight excluding hydrogens is 152 g/mol. The lowest BCUT2D eigenvalue weighted by Crippen LogP contribution is -2.32. The largest absolute Gasteiger partial charge is 0.505 e. The summed E-state index contributed by atoms with van der Waals surface area (Å²) in [6.45, 7) is 2.19. The number of hydrogen-bond donors (Lipinski definition) is 1. The Bertz CT molecular complexity index is 165. The summed E-state index contributed by atoms with van der Waals surface area (Å²) in [7, 11) is 1.60. The Morgan fingerprint density at radius 2 is 2.33 bits per heavy atom. The zero-order valence-electron chi connectivity index (χ0n) is 7.92. The number of methoxy groups -OCH3 is 1. The smallest absolute Gasteiger partial charge is 0.0862 e. The van der Waals surface area contributed by atoms with Crippen LogP contribution in [0, 0.1) is 5.92 Å². The van der Waals surface area contributed by atoms with Crippen molar-refractivity contribution in [3.8, 4) is 0 Å².